The molecular weight excluding hydrogens is 352 g/mol. The van der Waals surface area contributed by atoms with Gasteiger partial charge in [0.25, 0.3) is 11.7 Å². The lowest BCUT2D eigenvalue weighted by molar-refractivity contribution is -0.384. The maximum Gasteiger partial charge on any atom is 0.410 e. The summed E-state index contributed by atoms with van der Waals surface area (Å²) < 4.78 is 11.2. The maximum atomic E-state index is 12.4. The number of hydrogen-bond donors (Lipinski definition) is 0. The highest BCUT2D eigenvalue weighted by atomic mass is 16.6. The Morgan fingerprint density at radius 2 is 2.22 bits per heavy atom. The number of likely N-dealkylation sites (N-methyl/N-ethyl adjacent to an activating group) is 1. The molecule has 1 aromatic carbocycles. The highest BCUT2D eigenvalue weighted by Gasteiger charge is 2.33. The van der Waals surface area contributed by atoms with Crippen LogP contribution in [0.1, 0.15) is 33.6 Å². The van der Waals surface area contributed by atoms with E-state index in [1.165, 1.54) is 12.1 Å². The molecule has 1 atom stereocenters. The molecule has 0 unspecified atom stereocenters. The molecule has 1 aliphatic rings. The first-order valence-electron chi connectivity index (χ1n) is 8.90. The minimum Gasteiger partial charge on any atom is -0.444 e. The van der Waals surface area contributed by atoms with E-state index in [9.17, 15) is 14.9 Å². The van der Waals surface area contributed by atoms with Gasteiger partial charge in [-0.2, -0.15) is 4.98 Å². The number of anilines is 1. The number of oxazole rings is 1. The van der Waals surface area contributed by atoms with E-state index in [2.05, 4.69) is 4.98 Å². The van der Waals surface area contributed by atoms with Crippen LogP contribution in [0.2, 0.25) is 0 Å². The van der Waals surface area contributed by atoms with E-state index in [4.69, 9.17) is 9.15 Å². The van der Waals surface area contributed by atoms with Gasteiger partial charge < -0.3 is 19.0 Å². The average Bonchev–Trinajstić information content (AvgIpc) is 3.18. The lowest BCUT2D eigenvalue weighted by Crippen LogP contribution is -2.44. The number of rotatable bonds is 4. The van der Waals surface area contributed by atoms with Crippen LogP contribution >= 0.6 is 0 Å². The van der Waals surface area contributed by atoms with E-state index < -0.39 is 10.5 Å². The van der Waals surface area contributed by atoms with E-state index in [0.29, 0.717) is 30.2 Å². The summed E-state index contributed by atoms with van der Waals surface area (Å²) >= 11 is 0. The van der Waals surface area contributed by atoms with Gasteiger partial charge in [-0.1, -0.05) is 0 Å². The Labute approximate surface area is 157 Å². The zero-order valence-corrected chi connectivity index (χ0v) is 16.0. The first kappa shape index (κ1) is 18.9. The molecule has 1 fully saturated rings. The van der Waals surface area contributed by atoms with Crippen molar-refractivity contribution in [3.05, 3.63) is 28.3 Å². The number of hydrogen-bond acceptors (Lipinski definition) is 7. The molecular formula is C18H24N4O5. The fourth-order valence-electron chi connectivity index (χ4n) is 3.16. The van der Waals surface area contributed by atoms with E-state index in [1.807, 2.05) is 32.7 Å². The lowest BCUT2D eigenvalue weighted by Gasteiger charge is -2.30. The number of fused-ring (bicyclic) bond motifs is 1. The number of amides is 1. The molecule has 2 aromatic rings. The van der Waals surface area contributed by atoms with Gasteiger partial charge in [-0.3, -0.25) is 10.1 Å². The Kier molecular flexibility index (Phi) is 4.95. The van der Waals surface area contributed by atoms with Crippen molar-refractivity contribution in [2.75, 3.05) is 25.0 Å². The number of aromatic nitrogens is 1. The highest BCUT2D eigenvalue weighted by molar-refractivity contribution is 5.77. The molecule has 1 aromatic heterocycles. The Hall–Kier alpha value is -2.84. The van der Waals surface area contributed by atoms with Gasteiger partial charge >= 0.3 is 6.09 Å². The molecule has 0 radical (unpaired) electrons. The summed E-state index contributed by atoms with van der Waals surface area (Å²) in [5, 5.41) is 10.9. The van der Waals surface area contributed by atoms with E-state index in [-0.39, 0.29) is 17.8 Å². The number of benzene rings is 1. The van der Waals surface area contributed by atoms with Crippen molar-refractivity contribution < 1.29 is 18.9 Å². The normalized spacial score (nSPS) is 17.3. The summed E-state index contributed by atoms with van der Waals surface area (Å²) in [4.78, 5) is 30.8. The monoisotopic (exact) mass is 376 g/mol. The third-order valence-electron chi connectivity index (χ3n) is 4.39. The lowest BCUT2D eigenvalue weighted by atomic mass is 10.2. The van der Waals surface area contributed by atoms with Crippen LogP contribution in [0, 0.1) is 10.1 Å². The van der Waals surface area contributed by atoms with Crippen LogP contribution in [-0.2, 0) is 4.74 Å². The summed E-state index contributed by atoms with van der Waals surface area (Å²) in [5.74, 6) is 0. The second-order valence-corrected chi connectivity index (χ2v) is 7.76. The minimum atomic E-state index is -0.537. The second kappa shape index (κ2) is 7.05. The maximum absolute atomic E-state index is 12.4. The van der Waals surface area contributed by atoms with Gasteiger partial charge in [0.15, 0.2) is 5.58 Å². The molecule has 27 heavy (non-hydrogen) atoms. The number of non-ortho nitro benzene ring substituents is 1. The van der Waals surface area contributed by atoms with Crippen molar-refractivity contribution in [2.24, 2.45) is 0 Å². The highest BCUT2D eigenvalue weighted by Crippen LogP contribution is 2.27. The van der Waals surface area contributed by atoms with Crippen LogP contribution in [0.3, 0.4) is 0 Å². The van der Waals surface area contributed by atoms with Gasteiger partial charge in [-0.15, -0.1) is 0 Å². The standard InChI is InChI=1S/C18H24N4O5/c1-18(2,3)27-17(23)21-9-5-6-13(21)11-20(4)16-19-14-10-12(22(24)25)7-8-15(14)26-16/h7-8,10,13H,5-6,9,11H2,1-4H3/t13-/m0/s1. The Bertz CT molecular complexity index is 857. The summed E-state index contributed by atoms with van der Waals surface area (Å²) in [7, 11) is 1.82. The van der Waals surface area contributed by atoms with Crippen molar-refractivity contribution >= 4 is 28.9 Å². The molecule has 0 bridgehead atoms. The van der Waals surface area contributed by atoms with Crippen LogP contribution in [0.15, 0.2) is 22.6 Å². The van der Waals surface area contributed by atoms with Crippen molar-refractivity contribution in [1.29, 1.82) is 0 Å². The molecule has 146 valence electrons. The zero-order valence-electron chi connectivity index (χ0n) is 16.0. The SMILES string of the molecule is CN(C[C@@H]1CCCN1C(=O)OC(C)(C)C)c1nc2cc([N+](=O)[O-])ccc2o1. The molecule has 0 N–H and O–H groups in total. The molecule has 9 nitrogen and oxygen atoms in total. The first-order valence-corrected chi connectivity index (χ1v) is 8.90. The molecule has 0 aliphatic carbocycles. The Balaban J connectivity index is 1.72. The minimum absolute atomic E-state index is 0.00537. The third kappa shape index (κ3) is 4.29. The third-order valence-corrected chi connectivity index (χ3v) is 4.39. The quantitative estimate of drug-likeness (QED) is 0.593. The molecule has 0 saturated carbocycles. The van der Waals surface area contributed by atoms with Gasteiger partial charge in [0, 0.05) is 32.3 Å². The first-order chi connectivity index (χ1) is 12.6. The Morgan fingerprint density at radius 3 is 2.89 bits per heavy atom. The molecule has 1 aliphatic heterocycles. The van der Waals surface area contributed by atoms with Crippen LogP contribution in [-0.4, -0.2) is 52.7 Å². The molecule has 3 rings (SSSR count). The fourth-order valence-corrected chi connectivity index (χ4v) is 3.16. The largest absolute Gasteiger partial charge is 0.444 e. The smallest absolute Gasteiger partial charge is 0.410 e. The summed E-state index contributed by atoms with van der Waals surface area (Å²) in [6.07, 6.45) is 1.47. The molecule has 1 amide bonds. The predicted molar refractivity (Wildman–Crippen MR) is 99.9 cm³/mol. The molecule has 0 spiro atoms. The Morgan fingerprint density at radius 1 is 1.48 bits per heavy atom. The number of carbonyl (C=O) groups is 1. The van der Waals surface area contributed by atoms with Crippen LogP contribution < -0.4 is 4.90 Å². The second-order valence-electron chi connectivity index (χ2n) is 7.76. The van der Waals surface area contributed by atoms with Crippen molar-refractivity contribution in [3.8, 4) is 0 Å². The van der Waals surface area contributed by atoms with E-state index in [1.54, 1.807) is 11.0 Å². The number of nitro benzene ring substituents is 1. The topological polar surface area (TPSA) is 102 Å². The van der Waals surface area contributed by atoms with Crippen molar-refractivity contribution in [3.63, 3.8) is 0 Å². The average molecular weight is 376 g/mol. The van der Waals surface area contributed by atoms with Crippen LogP contribution in [0.25, 0.3) is 11.1 Å². The molecule has 2 heterocycles. The van der Waals surface area contributed by atoms with Gasteiger partial charge in [0.2, 0.25) is 0 Å². The fraction of sp³-hybridized carbons (Fsp3) is 0.556. The van der Waals surface area contributed by atoms with E-state index in [0.717, 1.165) is 12.8 Å². The number of likely N-dealkylation sites (tertiary alicyclic amines) is 1. The van der Waals surface area contributed by atoms with Crippen LogP contribution in [0.4, 0.5) is 16.5 Å². The van der Waals surface area contributed by atoms with Gasteiger partial charge in [0.1, 0.15) is 11.1 Å². The zero-order chi connectivity index (χ0) is 19.8. The van der Waals surface area contributed by atoms with Crippen LogP contribution in [0.5, 0.6) is 0 Å². The number of carbonyl (C=O) groups excluding carboxylic acids is 1. The summed E-state index contributed by atoms with van der Waals surface area (Å²) in [5.41, 5.74) is 0.349. The van der Waals surface area contributed by atoms with E-state index >= 15 is 0 Å². The number of nitrogens with zero attached hydrogens (tertiary/aromatic N) is 4. The molecule has 1 saturated heterocycles. The van der Waals surface area contributed by atoms with Crippen molar-refractivity contribution in [1.82, 2.24) is 9.88 Å². The van der Waals surface area contributed by atoms with Gasteiger partial charge in [0.05, 0.1) is 11.0 Å². The van der Waals surface area contributed by atoms with Gasteiger partial charge in [-0.05, 0) is 39.7 Å². The number of nitro groups is 1. The van der Waals surface area contributed by atoms with Gasteiger partial charge in [-0.25, -0.2) is 4.79 Å². The summed E-state index contributed by atoms with van der Waals surface area (Å²) in [6, 6.07) is 4.67. The predicted octanol–water partition coefficient (Wildman–Crippen LogP) is 3.57. The molecule has 9 heteroatoms. The summed E-state index contributed by atoms with van der Waals surface area (Å²) in [6.45, 7) is 6.74. The van der Waals surface area contributed by atoms with Crippen molar-refractivity contribution in [2.45, 2.75) is 45.3 Å². The number of ether oxygens (including phenoxy) is 1.